The molecule has 4 rings (SSSR count). The molecule has 6 nitrogen and oxygen atoms in total. The van der Waals surface area contributed by atoms with Crippen LogP contribution in [0.25, 0.3) is 11.0 Å². The highest BCUT2D eigenvalue weighted by molar-refractivity contribution is 5.77. The second kappa shape index (κ2) is 6.28. The second-order valence-electron chi connectivity index (χ2n) is 7.15. The van der Waals surface area contributed by atoms with Gasteiger partial charge in [-0.25, -0.2) is 4.98 Å². The number of fused-ring (bicyclic) bond motifs is 1. The zero-order valence-corrected chi connectivity index (χ0v) is 14.6. The van der Waals surface area contributed by atoms with E-state index >= 15 is 0 Å². The van der Waals surface area contributed by atoms with Crippen molar-refractivity contribution in [2.45, 2.75) is 38.9 Å². The highest BCUT2D eigenvalue weighted by Gasteiger charge is 2.46. The predicted octanol–water partition coefficient (Wildman–Crippen LogP) is 3.80. The number of nitrogens with zero attached hydrogens (tertiary/aromatic N) is 2. The first-order valence-corrected chi connectivity index (χ1v) is 8.74. The fourth-order valence-corrected chi connectivity index (χ4v) is 3.45. The molecule has 6 heteroatoms. The summed E-state index contributed by atoms with van der Waals surface area (Å²) in [5.41, 5.74) is 0.842. The minimum Gasteiger partial charge on any atom is -0.455 e. The minimum absolute atomic E-state index is 0.0195. The fourth-order valence-electron chi connectivity index (χ4n) is 3.45. The van der Waals surface area contributed by atoms with Crippen molar-refractivity contribution in [3.8, 4) is 0 Å². The number of hydrogen-bond acceptors (Lipinski definition) is 5. The summed E-state index contributed by atoms with van der Waals surface area (Å²) in [4.78, 5) is 4.24. The predicted molar refractivity (Wildman–Crippen MR) is 92.9 cm³/mol. The lowest BCUT2D eigenvalue weighted by Gasteiger charge is -2.43. The summed E-state index contributed by atoms with van der Waals surface area (Å²) in [7, 11) is 0. The third-order valence-corrected chi connectivity index (χ3v) is 4.83. The normalized spacial score (nSPS) is 27.0. The quantitative estimate of drug-likeness (QED) is 0.764. The molecule has 25 heavy (non-hydrogen) atoms. The Hall–Kier alpha value is -2.18. The number of aromatic nitrogens is 3. The first-order chi connectivity index (χ1) is 12.1. The molecular formula is C19H23N3O3. The molecule has 0 radical (unpaired) electrons. The molecular weight excluding hydrogens is 318 g/mol. The molecule has 1 fully saturated rings. The van der Waals surface area contributed by atoms with Crippen LogP contribution in [0.2, 0.25) is 0 Å². The molecule has 132 valence electrons. The van der Waals surface area contributed by atoms with Gasteiger partial charge >= 0.3 is 0 Å². The molecule has 0 amide bonds. The van der Waals surface area contributed by atoms with Crippen molar-refractivity contribution in [3.63, 3.8) is 0 Å². The van der Waals surface area contributed by atoms with Crippen molar-refractivity contribution < 1.29 is 13.9 Å². The molecule has 0 bridgehead atoms. The third-order valence-electron chi connectivity index (χ3n) is 4.83. The van der Waals surface area contributed by atoms with E-state index in [2.05, 4.69) is 29.0 Å². The lowest BCUT2D eigenvalue weighted by Crippen LogP contribution is -2.48. The molecule has 1 aliphatic heterocycles. The molecule has 1 saturated heterocycles. The highest BCUT2D eigenvalue weighted by Crippen LogP contribution is 2.42. The fraction of sp³-hybridized carbons (Fsp3) is 0.474. The van der Waals surface area contributed by atoms with Gasteiger partial charge in [0.25, 0.3) is 0 Å². The van der Waals surface area contributed by atoms with E-state index in [1.807, 2.05) is 30.3 Å². The summed E-state index contributed by atoms with van der Waals surface area (Å²) in [5, 5.41) is 7.86. The van der Waals surface area contributed by atoms with E-state index in [1.54, 1.807) is 0 Å². The Bertz CT molecular complexity index is 800. The third kappa shape index (κ3) is 3.07. The van der Waals surface area contributed by atoms with Crippen molar-refractivity contribution in [1.82, 2.24) is 15.2 Å². The first kappa shape index (κ1) is 16.3. The summed E-state index contributed by atoms with van der Waals surface area (Å²) in [6, 6.07) is 9.92. The van der Waals surface area contributed by atoms with Crippen LogP contribution in [-0.4, -0.2) is 28.4 Å². The van der Waals surface area contributed by atoms with Crippen LogP contribution in [0.3, 0.4) is 0 Å². The first-order valence-electron chi connectivity index (χ1n) is 8.74. The average molecular weight is 341 g/mol. The summed E-state index contributed by atoms with van der Waals surface area (Å²) < 4.78 is 18.7. The van der Waals surface area contributed by atoms with Gasteiger partial charge in [-0.2, -0.15) is 5.10 Å². The SMILES string of the molecule is CCCC1(C)COC(Cc2ncn[nH]2)(c2cc3ccccc3o2)OC1. The van der Waals surface area contributed by atoms with Crippen molar-refractivity contribution in [3.05, 3.63) is 48.2 Å². The molecule has 1 aromatic carbocycles. The number of H-pyrrole nitrogens is 1. The summed E-state index contributed by atoms with van der Waals surface area (Å²) in [6.07, 6.45) is 4.08. The van der Waals surface area contributed by atoms with Gasteiger partial charge in [0.05, 0.1) is 19.6 Å². The van der Waals surface area contributed by atoms with Crippen LogP contribution in [0.4, 0.5) is 0 Å². The number of nitrogens with one attached hydrogen (secondary N) is 1. The van der Waals surface area contributed by atoms with E-state index in [1.165, 1.54) is 6.33 Å². The summed E-state index contributed by atoms with van der Waals surface area (Å²) in [6.45, 7) is 5.62. The Balaban J connectivity index is 1.69. The van der Waals surface area contributed by atoms with Crippen molar-refractivity contribution >= 4 is 11.0 Å². The molecule has 0 atom stereocenters. The van der Waals surface area contributed by atoms with Crippen molar-refractivity contribution in [2.75, 3.05) is 13.2 Å². The van der Waals surface area contributed by atoms with E-state index in [9.17, 15) is 0 Å². The number of furan rings is 1. The number of benzene rings is 1. The monoisotopic (exact) mass is 341 g/mol. The zero-order valence-electron chi connectivity index (χ0n) is 14.6. The van der Waals surface area contributed by atoms with Gasteiger partial charge in [0.1, 0.15) is 17.7 Å². The van der Waals surface area contributed by atoms with Gasteiger partial charge in [0.2, 0.25) is 5.79 Å². The second-order valence-corrected chi connectivity index (χ2v) is 7.15. The van der Waals surface area contributed by atoms with Crippen LogP contribution >= 0.6 is 0 Å². The number of rotatable bonds is 5. The van der Waals surface area contributed by atoms with Gasteiger partial charge < -0.3 is 13.9 Å². The van der Waals surface area contributed by atoms with Gasteiger partial charge in [-0.1, -0.05) is 38.5 Å². The van der Waals surface area contributed by atoms with Gasteiger partial charge in [0, 0.05) is 10.8 Å². The molecule has 1 N–H and O–H groups in total. The number of para-hydroxylation sites is 1. The molecule has 1 aliphatic rings. The van der Waals surface area contributed by atoms with Gasteiger partial charge in [-0.05, 0) is 18.6 Å². The minimum atomic E-state index is -0.980. The number of aromatic amines is 1. The van der Waals surface area contributed by atoms with Crippen LogP contribution < -0.4 is 0 Å². The van der Waals surface area contributed by atoms with Gasteiger partial charge in [0.15, 0.2) is 5.76 Å². The van der Waals surface area contributed by atoms with Crippen LogP contribution in [0.1, 0.15) is 38.3 Å². The largest absolute Gasteiger partial charge is 0.455 e. The Morgan fingerprint density at radius 1 is 1.20 bits per heavy atom. The Morgan fingerprint density at radius 3 is 2.68 bits per heavy atom. The van der Waals surface area contributed by atoms with E-state index in [-0.39, 0.29) is 5.41 Å². The number of hydrogen-bond donors (Lipinski definition) is 1. The summed E-state index contributed by atoms with van der Waals surface area (Å²) in [5.74, 6) is 0.398. The Labute approximate surface area is 146 Å². The maximum Gasteiger partial charge on any atom is 0.235 e. The van der Waals surface area contributed by atoms with Crippen molar-refractivity contribution in [1.29, 1.82) is 0 Å². The maximum absolute atomic E-state index is 6.32. The van der Waals surface area contributed by atoms with Crippen LogP contribution in [0, 0.1) is 5.41 Å². The van der Waals surface area contributed by atoms with Gasteiger partial charge in [-0.3, -0.25) is 5.10 Å². The molecule has 2 aromatic heterocycles. The standard InChI is InChI=1S/C19H23N3O3/c1-3-8-18(2)11-23-19(24-12-18,10-17-20-13-21-22-17)16-9-14-6-4-5-7-15(14)25-16/h4-7,9,13H,3,8,10-12H2,1-2H3,(H,20,21,22). The number of ether oxygens (including phenoxy) is 2. The molecule has 0 aliphatic carbocycles. The zero-order chi connectivity index (χ0) is 17.3. The van der Waals surface area contributed by atoms with Gasteiger partial charge in [-0.15, -0.1) is 0 Å². The van der Waals surface area contributed by atoms with Crippen molar-refractivity contribution in [2.24, 2.45) is 5.41 Å². The Morgan fingerprint density at radius 2 is 2.00 bits per heavy atom. The van der Waals surface area contributed by atoms with Crippen LogP contribution in [0.15, 0.2) is 41.1 Å². The van der Waals surface area contributed by atoms with Crippen LogP contribution in [-0.2, 0) is 21.7 Å². The maximum atomic E-state index is 6.32. The molecule has 0 spiro atoms. The van der Waals surface area contributed by atoms with E-state index in [4.69, 9.17) is 13.9 Å². The molecule has 3 aromatic rings. The molecule has 0 saturated carbocycles. The van der Waals surface area contributed by atoms with Crippen LogP contribution in [0.5, 0.6) is 0 Å². The van der Waals surface area contributed by atoms with E-state index < -0.39 is 5.79 Å². The molecule has 3 heterocycles. The Kier molecular flexibility index (Phi) is 4.09. The summed E-state index contributed by atoms with van der Waals surface area (Å²) >= 11 is 0. The topological polar surface area (TPSA) is 73.2 Å². The lowest BCUT2D eigenvalue weighted by molar-refractivity contribution is -0.318. The van der Waals surface area contributed by atoms with E-state index in [0.717, 1.165) is 23.8 Å². The lowest BCUT2D eigenvalue weighted by atomic mass is 9.86. The molecule has 0 unspecified atom stereocenters. The average Bonchev–Trinajstić information content (AvgIpc) is 3.27. The highest BCUT2D eigenvalue weighted by atomic mass is 16.7. The van der Waals surface area contributed by atoms with E-state index in [0.29, 0.717) is 31.2 Å². The smallest absolute Gasteiger partial charge is 0.235 e.